The number of amides is 2. The molecule has 0 aromatic heterocycles. The van der Waals surface area contributed by atoms with Gasteiger partial charge in [-0.05, 0) is 88.4 Å². The minimum atomic E-state index is -1.28. The minimum absolute atomic E-state index is 0.0191. The Labute approximate surface area is 430 Å². The number of carbonyl (C=O) groups is 6. The molecule has 0 saturated carbocycles. The van der Waals surface area contributed by atoms with Gasteiger partial charge in [0, 0.05) is 44.9 Å². The van der Waals surface area contributed by atoms with E-state index in [-0.39, 0.29) is 62.4 Å². The van der Waals surface area contributed by atoms with E-state index in [9.17, 15) is 28.8 Å². The number of carbonyl (C=O) groups excluding carboxylic acids is 6. The summed E-state index contributed by atoms with van der Waals surface area (Å²) in [4.78, 5) is 101. The van der Waals surface area contributed by atoms with E-state index in [0.29, 0.717) is 12.8 Å². The molecule has 2 amide bonds. The molecule has 0 unspecified atom stereocenters. The summed E-state index contributed by atoms with van der Waals surface area (Å²) in [5, 5.41) is 8.81. The van der Waals surface area contributed by atoms with Crippen LogP contribution in [0.3, 0.4) is 0 Å². The Hall–Kier alpha value is -5.42. The van der Waals surface area contributed by atoms with E-state index in [1.807, 2.05) is 130 Å². The van der Waals surface area contributed by atoms with E-state index in [0.717, 1.165) is 18.2 Å². The van der Waals surface area contributed by atoms with Crippen molar-refractivity contribution >= 4 is 35.7 Å². The predicted octanol–water partition coefficient (Wildman–Crippen LogP) is 7.53. The third-order valence-electron chi connectivity index (χ3n) is 11.9. The van der Waals surface area contributed by atoms with Gasteiger partial charge in [-0.25, -0.2) is 9.59 Å². The molecule has 0 N–H and O–H groups in total. The first-order valence-electron chi connectivity index (χ1n) is 25.6. The maximum atomic E-state index is 14.6. The van der Waals surface area contributed by atoms with Crippen molar-refractivity contribution < 1.29 is 52.6 Å². The van der Waals surface area contributed by atoms with E-state index < -0.39 is 89.2 Å². The van der Waals surface area contributed by atoms with Crippen LogP contribution in [-0.4, -0.2) is 157 Å². The Morgan fingerprint density at radius 2 is 0.750 bits per heavy atom. The minimum Gasteiger partial charge on any atom is -0.460 e. The van der Waals surface area contributed by atoms with Crippen LogP contribution in [0.1, 0.15) is 120 Å². The molecule has 1 fully saturated rings. The van der Waals surface area contributed by atoms with Crippen LogP contribution in [-0.2, 0) is 60.6 Å². The molecule has 0 radical (unpaired) electrons. The molecule has 17 heteroatoms. The standard InChI is InChI=1S/C52H80N4O10.C2H6.CH3NO2/c1-33(2)25-41-49(59)65-45(29-39-21-17-15-18-22-39)47(57)55(13)44(28-36(7)8)52(62)64-38(10)32-54(12)42(26-34(3)4)50(60)66-46(30-40-23-19-16-20-24-40)48(58)56(14)43(27-35(5)6)51(61)63-37(9)31-53(41)11;1-2;1-2(3)4/h15-24,33-38,41-46H,25-32H2,1-14H3;1-2H3;1H3/t37-,38-,41+,42+,43+,44+,45-,46-;;/m1../s1. The summed E-state index contributed by atoms with van der Waals surface area (Å²) in [5.41, 5.74) is 1.53. The van der Waals surface area contributed by atoms with Crippen molar-refractivity contribution in [2.75, 3.05) is 48.3 Å². The lowest BCUT2D eigenvalue weighted by molar-refractivity contribution is -0.445. The third kappa shape index (κ3) is 23.0. The Balaban J connectivity index is 0.00000410. The van der Waals surface area contributed by atoms with Crippen LogP contribution in [0.2, 0.25) is 0 Å². The second-order valence-electron chi connectivity index (χ2n) is 20.5. The van der Waals surface area contributed by atoms with Crippen LogP contribution in [0.15, 0.2) is 60.7 Å². The van der Waals surface area contributed by atoms with Gasteiger partial charge in [-0.15, -0.1) is 0 Å². The number of ether oxygens (including phenoxy) is 4. The van der Waals surface area contributed by atoms with Crippen LogP contribution in [0, 0.1) is 33.8 Å². The lowest BCUT2D eigenvalue weighted by atomic mass is 10.00. The van der Waals surface area contributed by atoms with Crippen LogP contribution in [0.5, 0.6) is 0 Å². The van der Waals surface area contributed by atoms with E-state index in [1.54, 1.807) is 37.7 Å². The number of hydrogen-bond donors (Lipinski definition) is 0. The first kappa shape index (κ1) is 64.6. The smallest absolute Gasteiger partial charge is 0.329 e. The molecular weight excluding hydrogens is 923 g/mol. The average molecular weight is 1010 g/mol. The first-order valence-corrected chi connectivity index (χ1v) is 25.6. The highest BCUT2D eigenvalue weighted by molar-refractivity contribution is 5.90. The Morgan fingerprint density at radius 3 is 1.01 bits per heavy atom. The molecule has 0 spiro atoms. The summed E-state index contributed by atoms with van der Waals surface area (Å²) in [5.74, 6) is -3.57. The maximum Gasteiger partial charge on any atom is 0.329 e. The van der Waals surface area contributed by atoms with Crippen LogP contribution >= 0.6 is 0 Å². The molecular formula is C55H89N5O12. The predicted molar refractivity (Wildman–Crippen MR) is 279 cm³/mol. The molecule has 1 aliphatic heterocycles. The zero-order valence-electron chi connectivity index (χ0n) is 46.5. The Bertz CT molecular complexity index is 1830. The second kappa shape index (κ2) is 32.6. The zero-order chi connectivity index (χ0) is 55.0. The molecule has 406 valence electrons. The normalized spacial score (nSPS) is 24.3. The summed E-state index contributed by atoms with van der Waals surface area (Å²) >= 11 is 0. The van der Waals surface area contributed by atoms with Crippen LogP contribution < -0.4 is 0 Å². The highest BCUT2D eigenvalue weighted by Gasteiger charge is 2.40. The van der Waals surface area contributed by atoms with E-state index >= 15 is 0 Å². The van der Waals surface area contributed by atoms with E-state index in [1.165, 1.54) is 23.9 Å². The second-order valence-corrected chi connectivity index (χ2v) is 20.5. The monoisotopic (exact) mass is 1010 g/mol. The van der Waals surface area contributed by atoms with Crippen LogP contribution in [0.25, 0.3) is 0 Å². The summed E-state index contributed by atoms with van der Waals surface area (Å²) in [6.45, 7) is 23.4. The Kier molecular flexibility index (Phi) is 29.3. The highest BCUT2D eigenvalue weighted by Crippen LogP contribution is 2.23. The van der Waals surface area contributed by atoms with E-state index in [4.69, 9.17) is 29.1 Å². The number of cyclic esters (lactones) is 4. The summed E-state index contributed by atoms with van der Waals surface area (Å²) in [7, 11) is 7.44. The van der Waals surface area contributed by atoms with Gasteiger partial charge in [-0.1, -0.05) is 130 Å². The molecule has 1 heterocycles. The van der Waals surface area contributed by atoms with Gasteiger partial charge in [0.25, 0.3) is 11.8 Å². The van der Waals surface area contributed by atoms with Crippen LogP contribution in [0.4, 0.5) is 0 Å². The van der Waals surface area contributed by atoms with Crippen molar-refractivity contribution in [1.29, 1.82) is 0 Å². The third-order valence-corrected chi connectivity index (χ3v) is 11.9. The van der Waals surface area contributed by atoms with Crippen molar-refractivity contribution in [2.24, 2.45) is 23.7 Å². The number of nitro groups is 1. The molecule has 8 atom stereocenters. The summed E-state index contributed by atoms with van der Waals surface area (Å²) < 4.78 is 24.6. The quantitative estimate of drug-likeness (QED) is 0.0876. The topological polar surface area (TPSA) is 195 Å². The highest BCUT2D eigenvalue weighted by atomic mass is 16.6. The van der Waals surface area contributed by atoms with Crippen molar-refractivity contribution in [3.8, 4) is 0 Å². The van der Waals surface area contributed by atoms with Crippen molar-refractivity contribution in [3.05, 3.63) is 81.9 Å². The number of likely N-dealkylation sites (N-methyl/N-ethyl adjacent to an activating group) is 4. The number of nitrogens with zero attached hydrogens (tertiary/aromatic N) is 5. The van der Waals surface area contributed by atoms with Gasteiger partial charge in [0.15, 0.2) is 19.3 Å². The fraction of sp³-hybridized carbons (Fsp3) is 0.673. The molecule has 1 aliphatic rings. The molecule has 0 aliphatic carbocycles. The number of esters is 4. The maximum absolute atomic E-state index is 14.6. The largest absolute Gasteiger partial charge is 0.460 e. The number of hydrogen-bond acceptors (Lipinski definition) is 14. The molecule has 1 saturated heterocycles. The van der Waals surface area contributed by atoms with Crippen molar-refractivity contribution in [3.63, 3.8) is 0 Å². The zero-order valence-corrected chi connectivity index (χ0v) is 46.5. The number of benzene rings is 2. The Morgan fingerprint density at radius 1 is 0.500 bits per heavy atom. The van der Waals surface area contributed by atoms with Gasteiger partial charge in [0.05, 0.1) is 0 Å². The molecule has 0 bridgehead atoms. The summed E-state index contributed by atoms with van der Waals surface area (Å²) in [6.07, 6.45) is -2.61. The first-order chi connectivity index (χ1) is 33.7. The fourth-order valence-electron chi connectivity index (χ4n) is 8.43. The molecule has 2 aromatic rings. The van der Waals surface area contributed by atoms with Gasteiger partial charge in [0.1, 0.15) is 36.4 Å². The van der Waals surface area contributed by atoms with Gasteiger partial charge < -0.3 is 28.7 Å². The van der Waals surface area contributed by atoms with Gasteiger partial charge in [0.2, 0.25) is 0 Å². The lowest BCUT2D eigenvalue weighted by Crippen LogP contribution is -2.53. The van der Waals surface area contributed by atoms with Gasteiger partial charge >= 0.3 is 23.9 Å². The average Bonchev–Trinajstić information content (AvgIpc) is 3.29. The molecule has 17 nitrogen and oxygen atoms in total. The fourth-order valence-corrected chi connectivity index (χ4v) is 8.43. The van der Waals surface area contributed by atoms with E-state index in [2.05, 4.69) is 0 Å². The van der Waals surface area contributed by atoms with Gasteiger partial charge in [-0.2, -0.15) is 0 Å². The summed E-state index contributed by atoms with van der Waals surface area (Å²) in [6, 6.07) is 14.8. The SMILES string of the molecule is CC.CC(C)C[C@H]1C(=O)O[C@H](Cc2ccccc2)C(=O)N(C)[C@@H](CC(C)C)C(=O)O[C@H](C)CN(C)[C@@H](CC(C)C)C(=O)O[C@H](Cc2ccccc2)C(=O)N(C)[C@@H](CC(C)C)C(=O)O[C@H](C)CN1C.C[N+](=O)[O-]. The molecule has 3 rings (SSSR count). The van der Waals surface area contributed by atoms with Crippen molar-refractivity contribution in [2.45, 2.75) is 170 Å². The van der Waals surface area contributed by atoms with Crippen molar-refractivity contribution in [1.82, 2.24) is 19.6 Å². The molecule has 2 aromatic carbocycles. The lowest BCUT2D eigenvalue weighted by Gasteiger charge is -2.35. The molecule has 72 heavy (non-hydrogen) atoms. The number of rotatable bonds is 12. The van der Waals surface area contributed by atoms with Gasteiger partial charge in [-0.3, -0.25) is 39.1 Å².